The maximum absolute atomic E-state index is 11.3. The van der Waals surface area contributed by atoms with E-state index in [4.69, 9.17) is 0 Å². The first-order valence-corrected chi connectivity index (χ1v) is 12.8. The number of fused-ring (bicyclic) bond motifs is 5. The molecule has 2 heteroatoms. The Labute approximate surface area is 185 Å². The lowest BCUT2D eigenvalue weighted by Gasteiger charge is -2.58. The minimum absolute atomic E-state index is 0.131. The van der Waals surface area contributed by atoms with Gasteiger partial charge in [0.2, 0.25) is 0 Å². The van der Waals surface area contributed by atoms with Crippen molar-refractivity contribution in [2.75, 3.05) is 0 Å². The molecular weight excluding hydrogens is 368 g/mol. The van der Waals surface area contributed by atoms with Gasteiger partial charge >= 0.3 is 0 Å². The topological polar surface area (TPSA) is 40.5 Å². The first kappa shape index (κ1) is 22.6. The van der Waals surface area contributed by atoms with Crippen LogP contribution in [0.5, 0.6) is 0 Å². The molecule has 0 aliphatic heterocycles. The quantitative estimate of drug-likeness (QED) is 0.502. The van der Waals surface area contributed by atoms with Crippen LogP contribution in [0.4, 0.5) is 0 Å². The second-order valence-electron chi connectivity index (χ2n) is 12.4. The molecule has 0 amide bonds. The Morgan fingerprint density at radius 1 is 1.13 bits per heavy atom. The summed E-state index contributed by atoms with van der Waals surface area (Å²) in [4.78, 5) is 0. The Balaban J connectivity index is 1.53. The number of allylic oxidation sites excluding steroid dienone is 2. The minimum atomic E-state index is -0.146. The van der Waals surface area contributed by atoms with Crippen LogP contribution >= 0.6 is 0 Å². The van der Waals surface area contributed by atoms with Gasteiger partial charge in [-0.1, -0.05) is 58.4 Å². The van der Waals surface area contributed by atoms with Gasteiger partial charge in [0.05, 0.1) is 12.2 Å². The largest absolute Gasteiger partial charge is 0.393 e. The maximum Gasteiger partial charge on any atom is 0.0579 e. The summed E-state index contributed by atoms with van der Waals surface area (Å²) in [6, 6.07) is 0. The third kappa shape index (κ3) is 3.54. The lowest BCUT2D eigenvalue weighted by Crippen LogP contribution is -2.51. The zero-order valence-electron chi connectivity index (χ0n) is 20.2. The van der Waals surface area contributed by atoms with Crippen LogP contribution in [-0.4, -0.2) is 22.4 Å². The Kier molecular flexibility index (Phi) is 6.08. The predicted octanol–water partition coefficient (Wildman–Crippen LogP) is 6.53. The number of hydrogen-bond donors (Lipinski definition) is 2. The molecular formula is C28H46O2. The number of hydrogen-bond acceptors (Lipinski definition) is 2. The van der Waals surface area contributed by atoms with Gasteiger partial charge in [0, 0.05) is 0 Å². The van der Waals surface area contributed by atoms with E-state index in [9.17, 15) is 10.2 Å². The van der Waals surface area contributed by atoms with E-state index < -0.39 is 0 Å². The molecule has 0 aromatic heterocycles. The Morgan fingerprint density at radius 3 is 2.57 bits per heavy atom. The number of aliphatic hydroxyl groups excluding tert-OH is 2. The normalized spacial score (nSPS) is 46.6. The Morgan fingerprint density at radius 2 is 1.87 bits per heavy atom. The van der Waals surface area contributed by atoms with Crippen molar-refractivity contribution in [1.29, 1.82) is 0 Å². The summed E-state index contributed by atoms with van der Waals surface area (Å²) >= 11 is 0. The summed E-state index contributed by atoms with van der Waals surface area (Å²) in [5.74, 6) is 3.64. The molecule has 170 valence electrons. The van der Waals surface area contributed by atoms with E-state index in [0.717, 1.165) is 44.4 Å². The molecule has 0 aromatic carbocycles. The molecule has 0 spiro atoms. The van der Waals surface area contributed by atoms with Gasteiger partial charge in [-0.3, -0.25) is 0 Å². The Hall–Kier alpha value is -0.600. The van der Waals surface area contributed by atoms with Crippen molar-refractivity contribution >= 4 is 0 Å². The van der Waals surface area contributed by atoms with Crippen molar-refractivity contribution in [3.8, 4) is 0 Å². The SMILES string of the molecule is C=C(CC[C@@H](C)[C@H]1[C@@H](O)CC2C3CC=C4C[C@@H](O)CC[C@]4(C)C3CC[C@@]21C)C(C)C. The van der Waals surface area contributed by atoms with E-state index in [1.165, 1.54) is 24.8 Å². The summed E-state index contributed by atoms with van der Waals surface area (Å²) in [5, 5.41) is 21.5. The molecule has 0 saturated heterocycles. The van der Waals surface area contributed by atoms with E-state index in [1.54, 1.807) is 5.57 Å². The standard InChI is InChI=1S/C28H46O2/c1-17(2)18(3)7-8-19(4)26-25(30)16-24-22-10-9-20-15-21(29)11-13-27(20,5)23(22)12-14-28(24,26)6/h9,17,19,21-26,29-30H,3,7-8,10-16H2,1-2,4-6H3/t19-,21+,22?,23?,24?,25+,26+,27+,28+/m1/s1. The molecule has 0 heterocycles. The zero-order valence-corrected chi connectivity index (χ0v) is 20.2. The molecule has 3 saturated carbocycles. The lowest BCUT2D eigenvalue weighted by atomic mass is 9.47. The molecule has 4 aliphatic rings. The fourth-order valence-electron chi connectivity index (χ4n) is 8.60. The van der Waals surface area contributed by atoms with Crippen LogP contribution in [0.15, 0.2) is 23.8 Å². The summed E-state index contributed by atoms with van der Waals surface area (Å²) in [6.45, 7) is 16.2. The lowest BCUT2D eigenvalue weighted by molar-refractivity contribution is -0.0618. The van der Waals surface area contributed by atoms with Gasteiger partial charge in [-0.15, -0.1) is 0 Å². The molecule has 2 nitrogen and oxygen atoms in total. The summed E-state index contributed by atoms with van der Waals surface area (Å²) in [5.41, 5.74) is 3.46. The molecule has 3 unspecified atom stereocenters. The van der Waals surface area contributed by atoms with Gasteiger partial charge in [-0.2, -0.15) is 0 Å². The van der Waals surface area contributed by atoms with Crippen LogP contribution < -0.4 is 0 Å². The van der Waals surface area contributed by atoms with E-state index >= 15 is 0 Å². The smallest absolute Gasteiger partial charge is 0.0579 e. The summed E-state index contributed by atoms with van der Waals surface area (Å²) in [6.07, 6.45) is 12.2. The third-order valence-corrected chi connectivity index (χ3v) is 10.5. The van der Waals surface area contributed by atoms with Crippen molar-refractivity contribution in [3.05, 3.63) is 23.8 Å². The molecule has 0 aromatic rings. The van der Waals surface area contributed by atoms with E-state index in [0.29, 0.717) is 29.6 Å². The minimum Gasteiger partial charge on any atom is -0.393 e. The van der Waals surface area contributed by atoms with Gasteiger partial charge in [-0.25, -0.2) is 0 Å². The van der Waals surface area contributed by atoms with Gasteiger partial charge in [0.25, 0.3) is 0 Å². The Bertz CT molecular complexity index is 693. The molecule has 30 heavy (non-hydrogen) atoms. The van der Waals surface area contributed by atoms with Crippen molar-refractivity contribution < 1.29 is 10.2 Å². The van der Waals surface area contributed by atoms with Crippen LogP contribution in [-0.2, 0) is 0 Å². The first-order valence-electron chi connectivity index (χ1n) is 12.8. The van der Waals surface area contributed by atoms with Crippen molar-refractivity contribution in [1.82, 2.24) is 0 Å². The van der Waals surface area contributed by atoms with E-state index in [2.05, 4.69) is 47.3 Å². The molecule has 4 rings (SSSR count). The highest BCUT2D eigenvalue weighted by atomic mass is 16.3. The van der Waals surface area contributed by atoms with Crippen molar-refractivity contribution in [3.63, 3.8) is 0 Å². The van der Waals surface area contributed by atoms with Crippen molar-refractivity contribution in [2.45, 2.75) is 105 Å². The fourth-order valence-corrected chi connectivity index (χ4v) is 8.60. The highest BCUT2D eigenvalue weighted by Crippen LogP contribution is 2.67. The average Bonchev–Trinajstić information content (AvgIpc) is 2.96. The zero-order chi connectivity index (χ0) is 21.8. The predicted molar refractivity (Wildman–Crippen MR) is 125 cm³/mol. The second kappa shape index (κ2) is 8.07. The molecule has 2 N–H and O–H groups in total. The van der Waals surface area contributed by atoms with E-state index in [-0.39, 0.29) is 23.0 Å². The molecule has 0 radical (unpaired) electrons. The van der Waals surface area contributed by atoms with Crippen LogP contribution in [0.3, 0.4) is 0 Å². The van der Waals surface area contributed by atoms with Gasteiger partial charge < -0.3 is 10.2 Å². The molecule has 4 aliphatic carbocycles. The van der Waals surface area contributed by atoms with Crippen LogP contribution in [0.25, 0.3) is 0 Å². The number of rotatable bonds is 5. The van der Waals surface area contributed by atoms with Crippen LogP contribution in [0.1, 0.15) is 92.4 Å². The third-order valence-electron chi connectivity index (χ3n) is 10.5. The first-order chi connectivity index (χ1) is 14.1. The maximum atomic E-state index is 11.3. The fraction of sp³-hybridized carbons (Fsp3) is 0.857. The monoisotopic (exact) mass is 414 g/mol. The molecule has 9 atom stereocenters. The second-order valence-corrected chi connectivity index (χ2v) is 12.4. The highest BCUT2D eigenvalue weighted by Gasteiger charge is 2.61. The number of aliphatic hydroxyl groups is 2. The summed E-state index contributed by atoms with van der Waals surface area (Å²) in [7, 11) is 0. The van der Waals surface area contributed by atoms with Crippen LogP contribution in [0, 0.1) is 46.3 Å². The van der Waals surface area contributed by atoms with Gasteiger partial charge in [-0.05, 0) is 104 Å². The average molecular weight is 415 g/mol. The summed E-state index contributed by atoms with van der Waals surface area (Å²) < 4.78 is 0. The molecule has 0 bridgehead atoms. The van der Waals surface area contributed by atoms with Gasteiger partial charge in [0.15, 0.2) is 0 Å². The van der Waals surface area contributed by atoms with Crippen LogP contribution in [0.2, 0.25) is 0 Å². The van der Waals surface area contributed by atoms with Gasteiger partial charge in [0.1, 0.15) is 0 Å². The highest BCUT2D eigenvalue weighted by molar-refractivity contribution is 5.25. The molecule has 3 fully saturated rings. The van der Waals surface area contributed by atoms with E-state index in [1.807, 2.05) is 0 Å². The van der Waals surface area contributed by atoms with Crippen molar-refractivity contribution in [2.24, 2.45) is 46.3 Å².